The monoisotopic (exact) mass is 344 g/mol. The van der Waals surface area contributed by atoms with Crippen LogP contribution in [0, 0.1) is 5.92 Å². The third-order valence-corrected chi connectivity index (χ3v) is 3.93. The van der Waals surface area contributed by atoms with Gasteiger partial charge in [0.15, 0.2) is 0 Å². The molecular formula is C15H22Cl2N4O. The molecule has 1 atom stereocenters. The van der Waals surface area contributed by atoms with Crippen LogP contribution in [-0.4, -0.2) is 46.9 Å². The Bertz CT molecular complexity index is 614. The van der Waals surface area contributed by atoms with Gasteiger partial charge in [0.1, 0.15) is 5.65 Å². The molecule has 0 aliphatic carbocycles. The van der Waals surface area contributed by atoms with Crippen LogP contribution >= 0.6 is 24.8 Å². The number of carbonyl (C=O) groups excluding carboxylic acids is 1. The van der Waals surface area contributed by atoms with Crippen molar-refractivity contribution in [2.24, 2.45) is 5.92 Å². The first kappa shape index (κ1) is 18.7. The smallest absolute Gasteiger partial charge is 0.255 e. The lowest BCUT2D eigenvalue weighted by molar-refractivity contribution is 0.0674. The molecule has 1 aliphatic rings. The minimum absolute atomic E-state index is 0. The van der Waals surface area contributed by atoms with Crippen LogP contribution in [0.1, 0.15) is 23.2 Å². The second-order valence-electron chi connectivity index (χ2n) is 5.43. The molecule has 1 aliphatic heterocycles. The highest BCUT2D eigenvalue weighted by Gasteiger charge is 2.24. The van der Waals surface area contributed by atoms with Crippen LogP contribution < -0.4 is 5.32 Å². The zero-order chi connectivity index (χ0) is 13.9. The van der Waals surface area contributed by atoms with Gasteiger partial charge in [-0.2, -0.15) is 0 Å². The van der Waals surface area contributed by atoms with Crippen LogP contribution in [0.5, 0.6) is 0 Å². The maximum atomic E-state index is 12.6. The fraction of sp³-hybridized carbons (Fsp3) is 0.467. The number of carbonyl (C=O) groups is 1. The number of amides is 1. The van der Waals surface area contributed by atoms with Crippen molar-refractivity contribution in [2.75, 3.05) is 26.7 Å². The van der Waals surface area contributed by atoms with Gasteiger partial charge in [0.2, 0.25) is 0 Å². The third-order valence-electron chi connectivity index (χ3n) is 3.93. The molecule has 1 fully saturated rings. The van der Waals surface area contributed by atoms with Crippen molar-refractivity contribution in [3.05, 3.63) is 36.3 Å². The average molecular weight is 345 g/mol. The minimum Gasteiger partial charge on any atom is -0.338 e. The Labute approximate surface area is 142 Å². The summed E-state index contributed by atoms with van der Waals surface area (Å²) in [4.78, 5) is 18.8. The van der Waals surface area contributed by atoms with E-state index in [1.165, 1.54) is 6.42 Å². The van der Waals surface area contributed by atoms with E-state index in [4.69, 9.17) is 0 Å². The second kappa shape index (κ2) is 8.36. The van der Waals surface area contributed by atoms with E-state index in [0.29, 0.717) is 5.92 Å². The number of hydrogen-bond acceptors (Lipinski definition) is 3. The van der Waals surface area contributed by atoms with Crippen molar-refractivity contribution in [1.82, 2.24) is 19.6 Å². The van der Waals surface area contributed by atoms with Crippen molar-refractivity contribution >= 4 is 36.4 Å². The first-order valence-corrected chi connectivity index (χ1v) is 7.14. The highest BCUT2D eigenvalue weighted by Crippen LogP contribution is 2.18. The molecule has 0 saturated carbocycles. The van der Waals surface area contributed by atoms with E-state index in [9.17, 15) is 4.79 Å². The molecule has 7 heteroatoms. The van der Waals surface area contributed by atoms with Crippen molar-refractivity contribution < 1.29 is 4.79 Å². The van der Waals surface area contributed by atoms with E-state index in [1.54, 1.807) is 6.20 Å². The predicted octanol–water partition coefficient (Wildman–Crippen LogP) is 2.25. The maximum Gasteiger partial charge on any atom is 0.255 e. The molecule has 0 bridgehead atoms. The average Bonchev–Trinajstić information content (AvgIpc) is 2.94. The van der Waals surface area contributed by atoms with E-state index in [-0.39, 0.29) is 30.7 Å². The maximum absolute atomic E-state index is 12.6. The third kappa shape index (κ3) is 3.91. The number of aromatic nitrogens is 2. The molecule has 0 radical (unpaired) electrons. The number of piperidine rings is 1. The van der Waals surface area contributed by atoms with Crippen molar-refractivity contribution in [3.8, 4) is 0 Å². The highest BCUT2D eigenvalue weighted by molar-refractivity contribution is 5.94. The number of hydrogen-bond donors (Lipinski definition) is 1. The zero-order valence-electron chi connectivity index (χ0n) is 12.6. The summed E-state index contributed by atoms with van der Waals surface area (Å²) < 4.78 is 1.89. The fourth-order valence-electron chi connectivity index (χ4n) is 2.93. The molecule has 2 aromatic rings. The number of fused-ring (bicyclic) bond motifs is 1. The molecule has 1 unspecified atom stereocenters. The number of nitrogens with zero attached hydrogens (tertiary/aromatic N) is 3. The summed E-state index contributed by atoms with van der Waals surface area (Å²) in [5, 5.41) is 3.21. The van der Waals surface area contributed by atoms with Crippen LogP contribution in [0.3, 0.4) is 0 Å². The largest absolute Gasteiger partial charge is 0.338 e. The van der Waals surface area contributed by atoms with E-state index in [1.807, 2.05) is 40.9 Å². The molecule has 122 valence electrons. The summed E-state index contributed by atoms with van der Waals surface area (Å²) in [6.45, 7) is 2.69. The van der Waals surface area contributed by atoms with E-state index in [2.05, 4.69) is 10.3 Å². The minimum atomic E-state index is 0. The lowest BCUT2D eigenvalue weighted by Crippen LogP contribution is -2.42. The Kier molecular flexibility index (Phi) is 7.13. The molecule has 2 aromatic heterocycles. The van der Waals surface area contributed by atoms with Gasteiger partial charge in [-0.1, -0.05) is 0 Å². The van der Waals surface area contributed by atoms with Crippen LogP contribution in [0.4, 0.5) is 0 Å². The molecule has 5 nitrogen and oxygen atoms in total. The van der Waals surface area contributed by atoms with Crippen LogP contribution in [0.2, 0.25) is 0 Å². The van der Waals surface area contributed by atoms with Gasteiger partial charge in [0.05, 0.1) is 5.56 Å². The first-order valence-electron chi connectivity index (χ1n) is 7.14. The Morgan fingerprint density at radius 1 is 1.41 bits per heavy atom. The summed E-state index contributed by atoms with van der Waals surface area (Å²) in [6.07, 6.45) is 7.77. The lowest BCUT2D eigenvalue weighted by atomic mass is 9.97. The van der Waals surface area contributed by atoms with Gasteiger partial charge in [-0.25, -0.2) is 4.98 Å². The Morgan fingerprint density at radius 2 is 2.23 bits per heavy atom. The molecule has 1 N–H and O–H groups in total. The second-order valence-corrected chi connectivity index (χ2v) is 5.43. The molecular weight excluding hydrogens is 323 g/mol. The lowest BCUT2D eigenvalue weighted by Gasteiger charge is -2.32. The standard InChI is InChI=1S/C15H20N4O.2ClH/c1-16-9-12-3-2-7-19(10-12)15(20)13-4-5-14-17-6-8-18(14)11-13;;/h4-6,8,11-12,16H,2-3,7,9-10H2,1H3;2*1H. The Morgan fingerprint density at radius 3 is 3.00 bits per heavy atom. The molecule has 3 heterocycles. The summed E-state index contributed by atoms with van der Waals surface area (Å²) in [7, 11) is 1.97. The first-order chi connectivity index (χ1) is 9.78. The van der Waals surface area contributed by atoms with Crippen LogP contribution in [-0.2, 0) is 0 Å². The number of rotatable bonds is 3. The normalized spacial score (nSPS) is 17.7. The van der Waals surface area contributed by atoms with Crippen LogP contribution in [0.15, 0.2) is 30.7 Å². The predicted molar refractivity (Wildman–Crippen MR) is 92.2 cm³/mol. The van der Waals surface area contributed by atoms with Crippen molar-refractivity contribution in [3.63, 3.8) is 0 Å². The van der Waals surface area contributed by atoms with E-state index < -0.39 is 0 Å². The molecule has 0 aromatic carbocycles. The van der Waals surface area contributed by atoms with Crippen molar-refractivity contribution in [1.29, 1.82) is 0 Å². The fourth-order valence-corrected chi connectivity index (χ4v) is 2.93. The topological polar surface area (TPSA) is 49.6 Å². The zero-order valence-corrected chi connectivity index (χ0v) is 14.2. The quantitative estimate of drug-likeness (QED) is 0.928. The number of nitrogens with one attached hydrogen (secondary N) is 1. The highest BCUT2D eigenvalue weighted by atomic mass is 35.5. The Hall–Kier alpha value is -1.30. The number of halogens is 2. The Balaban J connectivity index is 0.00000121. The molecule has 3 rings (SSSR count). The molecule has 1 amide bonds. The molecule has 1 saturated heterocycles. The van der Waals surface area contributed by atoms with Crippen molar-refractivity contribution in [2.45, 2.75) is 12.8 Å². The van der Waals surface area contributed by atoms with Gasteiger partial charge in [0, 0.05) is 31.7 Å². The summed E-state index contributed by atoms with van der Waals surface area (Å²) in [6, 6.07) is 3.76. The summed E-state index contributed by atoms with van der Waals surface area (Å²) >= 11 is 0. The number of pyridine rings is 1. The van der Waals surface area contributed by atoms with E-state index >= 15 is 0 Å². The van der Waals surface area contributed by atoms with Gasteiger partial charge in [-0.05, 0) is 44.5 Å². The van der Waals surface area contributed by atoms with E-state index in [0.717, 1.165) is 37.3 Å². The number of likely N-dealkylation sites (tertiary alicyclic amines) is 1. The van der Waals surface area contributed by atoms with Gasteiger partial charge in [0.25, 0.3) is 5.91 Å². The van der Waals surface area contributed by atoms with Gasteiger partial charge >= 0.3 is 0 Å². The van der Waals surface area contributed by atoms with Gasteiger partial charge in [-0.3, -0.25) is 4.79 Å². The van der Waals surface area contributed by atoms with Gasteiger partial charge < -0.3 is 14.6 Å². The summed E-state index contributed by atoms with van der Waals surface area (Å²) in [5.74, 6) is 0.691. The van der Waals surface area contributed by atoms with Gasteiger partial charge in [-0.15, -0.1) is 24.8 Å². The SMILES string of the molecule is CNCC1CCCN(C(=O)c2ccc3nccn3c2)C1.Cl.Cl. The molecule has 0 spiro atoms. The summed E-state index contributed by atoms with van der Waals surface area (Å²) in [5.41, 5.74) is 1.61. The number of imidazole rings is 1. The molecule has 22 heavy (non-hydrogen) atoms. The van der Waals surface area contributed by atoms with Crippen LogP contribution in [0.25, 0.3) is 5.65 Å².